The van der Waals surface area contributed by atoms with Crippen LogP contribution in [0.5, 0.6) is 0 Å². The second-order valence-electron chi connectivity index (χ2n) is 5.08. The van der Waals surface area contributed by atoms with Crippen molar-refractivity contribution < 1.29 is 24.7 Å². The molecule has 2 unspecified atom stereocenters. The summed E-state index contributed by atoms with van der Waals surface area (Å²) in [4.78, 5) is 41.1. The number of aliphatic imine (C=N–C) groups is 1. The van der Waals surface area contributed by atoms with Gasteiger partial charge in [-0.05, 0) is 19.4 Å². The van der Waals surface area contributed by atoms with Crippen LogP contribution in [-0.2, 0) is 9.59 Å². The van der Waals surface area contributed by atoms with Crippen LogP contribution in [0.25, 0.3) is 0 Å². The molecule has 0 bridgehead atoms. The Bertz CT molecular complexity index is 768. The third kappa shape index (κ3) is 2.93. The highest BCUT2D eigenvalue weighted by atomic mass is 16.6. The van der Waals surface area contributed by atoms with E-state index in [-0.39, 0.29) is 28.2 Å². The van der Waals surface area contributed by atoms with Crippen LogP contribution in [0.1, 0.15) is 25.3 Å². The van der Waals surface area contributed by atoms with Crippen molar-refractivity contribution in [1.82, 2.24) is 4.98 Å². The summed E-state index contributed by atoms with van der Waals surface area (Å²) in [7, 11) is 0. The molecule has 1 aromatic rings. The zero-order valence-electron chi connectivity index (χ0n) is 12.3. The molecule has 0 amide bonds. The van der Waals surface area contributed by atoms with Crippen LogP contribution < -0.4 is 0 Å². The molecule has 2 N–H and O–H groups in total. The average molecular weight is 319 g/mol. The fraction of sp³-hybridized carbons (Fsp3) is 0.286. The van der Waals surface area contributed by atoms with Crippen LogP contribution in [0.4, 0.5) is 5.69 Å². The van der Waals surface area contributed by atoms with Gasteiger partial charge in [-0.2, -0.15) is 0 Å². The standard InChI is InChI=1S/C14H13N3O6/c1-6-10(13(18)19)12(11(14(20)21)7(2)16-6)8-3-9(17(22)23)5-15-4-8/h3-5,10,12H,1-2H3,(H,18,19)(H,20,21). The summed E-state index contributed by atoms with van der Waals surface area (Å²) in [6.07, 6.45) is 2.25. The van der Waals surface area contributed by atoms with Gasteiger partial charge in [0.25, 0.3) is 5.69 Å². The number of hydrogen-bond donors (Lipinski definition) is 2. The molecule has 0 saturated heterocycles. The Morgan fingerprint density at radius 3 is 2.43 bits per heavy atom. The van der Waals surface area contributed by atoms with Crippen LogP contribution >= 0.6 is 0 Å². The molecule has 1 aromatic heterocycles. The van der Waals surface area contributed by atoms with Crippen LogP contribution in [0, 0.1) is 16.0 Å². The van der Waals surface area contributed by atoms with Gasteiger partial charge in [-0.1, -0.05) is 0 Å². The Morgan fingerprint density at radius 1 is 1.26 bits per heavy atom. The van der Waals surface area contributed by atoms with E-state index in [0.29, 0.717) is 0 Å². The van der Waals surface area contributed by atoms with E-state index in [1.54, 1.807) is 0 Å². The largest absolute Gasteiger partial charge is 0.481 e. The molecule has 2 heterocycles. The van der Waals surface area contributed by atoms with E-state index in [0.717, 1.165) is 12.3 Å². The van der Waals surface area contributed by atoms with Crippen molar-refractivity contribution in [2.75, 3.05) is 0 Å². The Hall–Kier alpha value is -3.10. The molecule has 0 spiro atoms. The summed E-state index contributed by atoms with van der Waals surface area (Å²) in [5.74, 6) is -4.90. The lowest BCUT2D eigenvalue weighted by atomic mass is 9.76. The van der Waals surface area contributed by atoms with E-state index in [1.807, 2.05) is 0 Å². The van der Waals surface area contributed by atoms with Gasteiger partial charge in [0, 0.05) is 29.6 Å². The smallest absolute Gasteiger partial charge is 0.334 e. The van der Waals surface area contributed by atoms with Gasteiger partial charge < -0.3 is 10.2 Å². The number of nitro groups is 1. The minimum absolute atomic E-state index is 0.151. The minimum atomic E-state index is -1.32. The number of carboxylic acids is 2. The third-order valence-electron chi connectivity index (χ3n) is 3.64. The van der Waals surface area contributed by atoms with Crippen LogP contribution in [-0.4, -0.2) is 37.8 Å². The van der Waals surface area contributed by atoms with E-state index in [1.165, 1.54) is 20.0 Å². The summed E-state index contributed by atoms with van der Waals surface area (Å²) in [6.45, 7) is 2.95. The van der Waals surface area contributed by atoms with Crippen molar-refractivity contribution in [3.8, 4) is 0 Å². The molecular weight excluding hydrogens is 306 g/mol. The Kier molecular flexibility index (Phi) is 4.21. The van der Waals surface area contributed by atoms with Crippen molar-refractivity contribution in [3.05, 3.63) is 45.4 Å². The first-order valence-corrected chi connectivity index (χ1v) is 6.55. The van der Waals surface area contributed by atoms with Crippen molar-refractivity contribution in [2.24, 2.45) is 10.9 Å². The summed E-state index contributed by atoms with van der Waals surface area (Å²) >= 11 is 0. The number of nitrogens with zero attached hydrogens (tertiary/aromatic N) is 3. The molecule has 0 aromatic carbocycles. The number of hydrogen-bond acceptors (Lipinski definition) is 6. The van der Waals surface area contributed by atoms with Gasteiger partial charge in [0.2, 0.25) is 0 Å². The van der Waals surface area contributed by atoms with Gasteiger partial charge in [-0.15, -0.1) is 0 Å². The Labute approximate surface area is 130 Å². The van der Waals surface area contributed by atoms with E-state index in [9.17, 15) is 29.9 Å². The molecule has 1 aliphatic rings. The molecule has 9 nitrogen and oxygen atoms in total. The fourth-order valence-corrected chi connectivity index (χ4v) is 2.71. The molecule has 1 aliphatic heterocycles. The van der Waals surface area contributed by atoms with E-state index >= 15 is 0 Å². The van der Waals surface area contributed by atoms with Crippen molar-refractivity contribution in [2.45, 2.75) is 19.8 Å². The number of aliphatic carboxylic acids is 2. The SMILES string of the molecule is CC1=NC(C)=C(C(=O)O)C(c2cncc([N+](=O)[O-])c2)C1C(=O)O. The van der Waals surface area contributed by atoms with Crippen molar-refractivity contribution >= 4 is 23.3 Å². The third-order valence-corrected chi connectivity index (χ3v) is 3.64. The summed E-state index contributed by atoms with van der Waals surface area (Å²) in [6, 6.07) is 1.14. The lowest BCUT2D eigenvalue weighted by molar-refractivity contribution is -0.385. The highest BCUT2D eigenvalue weighted by molar-refractivity contribution is 6.06. The molecule has 2 rings (SSSR count). The van der Waals surface area contributed by atoms with Crippen LogP contribution in [0.15, 0.2) is 34.7 Å². The van der Waals surface area contributed by atoms with E-state index in [4.69, 9.17) is 0 Å². The summed E-state index contributed by atoms with van der Waals surface area (Å²) in [5.41, 5.74) is 0.0117. The van der Waals surface area contributed by atoms with Gasteiger partial charge in [0.05, 0.1) is 10.5 Å². The summed E-state index contributed by atoms with van der Waals surface area (Å²) < 4.78 is 0. The first-order chi connectivity index (χ1) is 10.7. The zero-order valence-corrected chi connectivity index (χ0v) is 12.3. The number of carbonyl (C=O) groups is 2. The number of pyridine rings is 1. The van der Waals surface area contributed by atoms with Crippen molar-refractivity contribution in [3.63, 3.8) is 0 Å². The van der Waals surface area contributed by atoms with E-state index < -0.39 is 28.7 Å². The molecule has 120 valence electrons. The highest BCUT2D eigenvalue weighted by Gasteiger charge is 2.41. The molecule has 0 saturated carbocycles. The molecule has 0 fully saturated rings. The van der Waals surface area contributed by atoms with Gasteiger partial charge in [-0.25, -0.2) is 4.79 Å². The first-order valence-electron chi connectivity index (χ1n) is 6.55. The minimum Gasteiger partial charge on any atom is -0.481 e. The predicted octanol–water partition coefficient (Wildman–Crippen LogP) is 1.61. The molecule has 2 atom stereocenters. The molecule has 0 radical (unpaired) electrons. The first kappa shape index (κ1) is 16.3. The summed E-state index contributed by atoms with van der Waals surface area (Å²) in [5, 5.41) is 29.8. The Morgan fingerprint density at radius 2 is 1.91 bits per heavy atom. The van der Waals surface area contributed by atoms with Crippen LogP contribution in [0.3, 0.4) is 0 Å². The maximum absolute atomic E-state index is 11.6. The number of rotatable bonds is 4. The topological polar surface area (TPSA) is 143 Å². The number of aromatic nitrogens is 1. The lowest BCUT2D eigenvalue weighted by Crippen LogP contribution is -2.35. The van der Waals surface area contributed by atoms with E-state index in [2.05, 4.69) is 9.98 Å². The second-order valence-corrected chi connectivity index (χ2v) is 5.08. The monoisotopic (exact) mass is 319 g/mol. The maximum atomic E-state index is 11.6. The molecule has 23 heavy (non-hydrogen) atoms. The van der Waals surface area contributed by atoms with Gasteiger partial charge >= 0.3 is 11.9 Å². The normalized spacial score (nSPS) is 20.9. The molecular formula is C14H13N3O6. The second kappa shape index (κ2) is 5.95. The maximum Gasteiger partial charge on any atom is 0.334 e. The van der Waals surface area contributed by atoms with Crippen molar-refractivity contribution in [1.29, 1.82) is 0 Å². The fourth-order valence-electron chi connectivity index (χ4n) is 2.71. The highest BCUT2D eigenvalue weighted by Crippen LogP contribution is 2.39. The Balaban J connectivity index is 2.69. The lowest BCUT2D eigenvalue weighted by Gasteiger charge is -2.29. The number of allylic oxidation sites excluding steroid dienone is 1. The van der Waals surface area contributed by atoms with Crippen LogP contribution in [0.2, 0.25) is 0 Å². The number of carboxylic acid groups (broad SMARTS) is 2. The molecule has 0 aliphatic carbocycles. The van der Waals surface area contributed by atoms with Gasteiger partial charge in [-0.3, -0.25) is 24.9 Å². The van der Waals surface area contributed by atoms with Gasteiger partial charge in [0.15, 0.2) is 0 Å². The molecule has 9 heteroatoms. The average Bonchev–Trinajstić information content (AvgIpc) is 2.45. The van der Waals surface area contributed by atoms with Gasteiger partial charge in [0.1, 0.15) is 12.1 Å². The predicted molar refractivity (Wildman–Crippen MR) is 78.2 cm³/mol. The zero-order chi connectivity index (χ0) is 17.3. The quantitative estimate of drug-likeness (QED) is 0.633.